The molecule has 0 saturated carbocycles. The summed E-state index contributed by atoms with van der Waals surface area (Å²) in [4.78, 5) is 25.3. The van der Waals surface area contributed by atoms with Crippen molar-refractivity contribution in [3.63, 3.8) is 0 Å². The van der Waals surface area contributed by atoms with Crippen LogP contribution in [0.15, 0.2) is 29.3 Å². The Morgan fingerprint density at radius 3 is 2.46 bits per heavy atom. The minimum Gasteiger partial charge on any atom is -0.385 e. The van der Waals surface area contributed by atoms with Crippen molar-refractivity contribution in [2.24, 2.45) is 4.99 Å². The maximum Gasteiger partial charge on any atom is 0.326 e. The molecule has 1 aromatic heterocycles. The number of nitrogens with zero attached hydrogens (tertiary/aromatic N) is 3. The molecule has 28 heavy (non-hydrogen) atoms. The lowest BCUT2D eigenvalue weighted by molar-refractivity contribution is 0.197. The van der Waals surface area contributed by atoms with Gasteiger partial charge in [0.2, 0.25) is 11.9 Å². The van der Waals surface area contributed by atoms with E-state index >= 15 is 0 Å². The number of guanidine groups is 1. The first-order chi connectivity index (χ1) is 13.4. The number of carbonyl (C=O) groups excluding carboxylic acids is 1. The molecule has 0 saturated heterocycles. The zero-order chi connectivity index (χ0) is 20.5. The van der Waals surface area contributed by atoms with Crippen LogP contribution in [0.25, 0.3) is 0 Å². The molecule has 10 heteroatoms. The third kappa shape index (κ3) is 7.30. The van der Waals surface area contributed by atoms with Crippen LogP contribution < -0.4 is 16.0 Å². The first kappa shape index (κ1) is 21.9. The molecule has 2 rings (SSSR count). The van der Waals surface area contributed by atoms with Crippen LogP contribution in [0.5, 0.6) is 0 Å². The van der Waals surface area contributed by atoms with Crippen molar-refractivity contribution in [1.82, 2.24) is 15.3 Å². The molecule has 0 spiro atoms. The first-order valence-corrected chi connectivity index (χ1v) is 9.28. The summed E-state index contributed by atoms with van der Waals surface area (Å²) in [5.41, 5.74) is 2.09. The highest BCUT2D eigenvalue weighted by Crippen LogP contribution is 2.24. The number of hydrogen-bond donors (Lipinski definition) is 3. The predicted molar refractivity (Wildman–Crippen MR) is 113 cm³/mol. The number of benzene rings is 1. The predicted octanol–water partition coefficient (Wildman–Crippen LogP) is 4.03. The normalized spacial score (nSPS) is 11.2. The summed E-state index contributed by atoms with van der Waals surface area (Å²) < 4.78 is 5.02. The maximum absolute atomic E-state index is 12.3. The van der Waals surface area contributed by atoms with E-state index in [-0.39, 0.29) is 5.96 Å². The first-order valence-electron chi connectivity index (χ1n) is 8.53. The molecule has 0 bridgehead atoms. The van der Waals surface area contributed by atoms with E-state index in [9.17, 15) is 4.79 Å². The average Bonchev–Trinajstić information content (AvgIpc) is 2.61. The van der Waals surface area contributed by atoms with Gasteiger partial charge in [-0.2, -0.15) is 0 Å². The van der Waals surface area contributed by atoms with Crippen LogP contribution in [0.2, 0.25) is 10.0 Å². The number of ether oxygens (including phenoxy) is 1. The van der Waals surface area contributed by atoms with E-state index in [0.29, 0.717) is 41.3 Å². The number of methoxy groups -OCH3 is 1. The largest absolute Gasteiger partial charge is 0.385 e. The van der Waals surface area contributed by atoms with E-state index in [4.69, 9.17) is 27.9 Å². The fraction of sp³-hybridized carbons (Fsp3) is 0.333. The molecule has 8 nitrogen and oxygen atoms in total. The highest BCUT2D eigenvalue weighted by molar-refractivity contribution is 6.42. The summed E-state index contributed by atoms with van der Waals surface area (Å²) in [6.45, 7) is 4.74. The molecule has 0 aliphatic rings. The van der Waals surface area contributed by atoms with Crippen molar-refractivity contribution in [2.75, 3.05) is 30.9 Å². The number of urea groups is 1. The molecule has 0 atom stereocenters. The van der Waals surface area contributed by atoms with Crippen LogP contribution in [0.4, 0.5) is 16.4 Å². The van der Waals surface area contributed by atoms with Gasteiger partial charge in [0.05, 0.1) is 10.0 Å². The van der Waals surface area contributed by atoms with Gasteiger partial charge in [-0.15, -0.1) is 0 Å². The number of nitrogens with one attached hydrogen (secondary N) is 3. The second-order valence-electron chi connectivity index (χ2n) is 5.88. The molecule has 0 fully saturated rings. The third-order valence-electron chi connectivity index (χ3n) is 3.40. The fourth-order valence-corrected chi connectivity index (χ4v) is 2.54. The maximum atomic E-state index is 12.3. The Morgan fingerprint density at radius 2 is 1.82 bits per heavy atom. The van der Waals surface area contributed by atoms with Gasteiger partial charge in [-0.1, -0.05) is 23.2 Å². The number of aliphatic imine (C=N–C) groups is 1. The number of aromatic nitrogens is 2. The molecule has 0 radical (unpaired) electrons. The number of aryl methyl sites for hydroxylation is 2. The zero-order valence-corrected chi connectivity index (χ0v) is 17.4. The standard InChI is InChI=1S/C18H22Cl2N6O2/c1-11-9-12(2)23-17(22-11)25-16(21-7-4-8-28-3)26-18(27)24-13-5-6-14(19)15(20)10-13/h5-6,9-10H,4,7-8H2,1-3H3,(H3,21,22,23,24,25,26,27). The van der Waals surface area contributed by atoms with Crippen LogP contribution >= 0.6 is 23.2 Å². The van der Waals surface area contributed by atoms with Crippen molar-refractivity contribution >= 4 is 46.8 Å². The van der Waals surface area contributed by atoms with Gasteiger partial charge in [-0.25, -0.2) is 14.8 Å². The fourth-order valence-electron chi connectivity index (χ4n) is 2.24. The number of halogens is 2. The van der Waals surface area contributed by atoms with Crippen molar-refractivity contribution in [3.8, 4) is 0 Å². The van der Waals surface area contributed by atoms with Crippen LogP contribution in [0.1, 0.15) is 17.8 Å². The van der Waals surface area contributed by atoms with Gasteiger partial charge in [-0.3, -0.25) is 15.6 Å². The summed E-state index contributed by atoms with van der Waals surface area (Å²) in [7, 11) is 1.62. The SMILES string of the molecule is COCCCN=C(NC(=O)Nc1ccc(Cl)c(Cl)c1)Nc1nc(C)cc(C)n1. The van der Waals surface area contributed by atoms with Gasteiger partial charge >= 0.3 is 6.03 Å². The lowest BCUT2D eigenvalue weighted by Crippen LogP contribution is -2.39. The van der Waals surface area contributed by atoms with Crippen LogP contribution in [-0.2, 0) is 4.74 Å². The highest BCUT2D eigenvalue weighted by atomic mass is 35.5. The molecule has 2 amide bonds. The number of carbonyl (C=O) groups is 1. The minimum absolute atomic E-state index is 0.221. The molecule has 150 valence electrons. The van der Waals surface area contributed by atoms with E-state index in [0.717, 1.165) is 11.4 Å². The third-order valence-corrected chi connectivity index (χ3v) is 4.14. The summed E-state index contributed by atoms with van der Waals surface area (Å²) in [6, 6.07) is 6.15. The molecule has 2 aromatic rings. The van der Waals surface area contributed by atoms with Crippen molar-refractivity contribution in [3.05, 3.63) is 45.7 Å². The molecular weight excluding hydrogens is 403 g/mol. The number of amides is 2. The van der Waals surface area contributed by atoms with Crippen molar-refractivity contribution in [1.29, 1.82) is 0 Å². The Kier molecular flexibility index (Phi) is 8.43. The van der Waals surface area contributed by atoms with Gasteiger partial charge in [0.1, 0.15) is 0 Å². The highest BCUT2D eigenvalue weighted by Gasteiger charge is 2.10. The van der Waals surface area contributed by atoms with E-state index in [1.807, 2.05) is 19.9 Å². The average molecular weight is 425 g/mol. The van der Waals surface area contributed by atoms with E-state index in [1.165, 1.54) is 0 Å². The Labute approximate surface area is 173 Å². The molecular formula is C18H22Cl2N6O2. The lowest BCUT2D eigenvalue weighted by atomic mass is 10.3. The quantitative estimate of drug-likeness (QED) is 0.369. The van der Waals surface area contributed by atoms with Crippen LogP contribution in [-0.4, -0.2) is 42.2 Å². The Hall–Kier alpha value is -2.42. The van der Waals surface area contributed by atoms with Crippen LogP contribution in [0.3, 0.4) is 0 Å². The smallest absolute Gasteiger partial charge is 0.326 e. The monoisotopic (exact) mass is 424 g/mol. The Morgan fingerprint density at radius 1 is 1.11 bits per heavy atom. The Balaban J connectivity index is 2.09. The molecule has 0 unspecified atom stereocenters. The van der Waals surface area contributed by atoms with Crippen molar-refractivity contribution in [2.45, 2.75) is 20.3 Å². The van der Waals surface area contributed by atoms with Gasteiger partial charge in [0, 0.05) is 37.3 Å². The zero-order valence-electron chi connectivity index (χ0n) is 15.8. The van der Waals surface area contributed by atoms with Gasteiger partial charge in [0.25, 0.3) is 0 Å². The molecule has 0 aliphatic carbocycles. The Bertz CT molecular complexity index is 840. The second kappa shape index (κ2) is 10.8. The number of anilines is 2. The minimum atomic E-state index is -0.499. The van der Waals surface area contributed by atoms with E-state index in [1.54, 1.807) is 25.3 Å². The van der Waals surface area contributed by atoms with Gasteiger partial charge in [-0.05, 0) is 44.5 Å². The molecule has 1 aromatic carbocycles. The second-order valence-corrected chi connectivity index (χ2v) is 6.70. The van der Waals surface area contributed by atoms with Crippen LogP contribution in [0, 0.1) is 13.8 Å². The van der Waals surface area contributed by atoms with Gasteiger partial charge in [0.15, 0.2) is 0 Å². The lowest BCUT2D eigenvalue weighted by Gasteiger charge is -2.12. The van der Waals surface area contributed by atoms with Gasteiger partial charge < -0.3 is 10.1 Å². The molecule has 0 aliphatic heterocycles. The van der Waals surface area contributed by atoms with E-state index in [2.05, 4.69) is 30.9 Å². The molecule has 3 N–H and O–H groups in total. The summed E-state index contributed by atoms with van der Waals surface area (Å²) in [5, 5.41) is 9.02. The summed E-state index contributed by atoms with van der Waals surface area (Å²) in [6.07, 6.45) is 0.700. The summed E-state index contributed by atoms with van der Waals surface area (Å²) in [5.74, 6) is 0.566. The number of rotatable bonds is 6. The molecule has 1 heterocycles. The van der Waals surface area contributed by atoms with Crippen molar-refractivity contribution < 1.29 is 9.53 Å². The topological polar surface area (TPSA) is 101 Å². The number of hydrogen-bond acceptors (Lipinski definition) is 5. The summed E-state index contributed by atoms with van der Waals surface area (Å²) >= 11 is 11.9. The van der Waals surface area contributed by atoms with E-state index < -0.39 is 6.03 Å².